The van der Waals surface area contributed by atoms with Crippen LogP contribution in [0.15, 0.2) is 24.3 Å². The third-order valence-electron chi connectivity index (χ3n) is 2.09. The van der Waals surface area contributed by atoms with E-state index in [0.29, 0.717) is 11.4 Å². The fraction of sp³-hybridized carbons (Fsp3) is 0.333. The lowest BCUT2D eigenvalue weighted by atomic mass is 10.2. The molecule has 1 aromatic rings. The molecule has 2 amide bonds. The van der Waals surface area contributed by atoms with Crippen LogP contribution in [0.2, 0.25) is 0 Å². The van der Waals surface area contributed by atoms with Crippen LogP contribution in [0.1, 0.15) is 13.8 Å². The van der Waals surface area contributed by atoms with E-state index in [1.165, 1.54) is 7.11 Å². The zero-order valence-electron chi connectivity index (χ0n) is 10.1. The van der Waals surface area contributed by atoms with Crippen molar-refractivity contribution in [3.63, 3.8) is 0 Å². The first kappa shape index (κ1) is 13.0. The van der Waals surface area contributed by atoms with Crippen LogP contribution in [0, 0.1) is 5.92 Å². The zero-order valence-corrected chi connectivity index (χ0v) is 10.1. The zero-order chi connectivity index (χ0) is 12.8. The van der Waals surface area contributed by atoms with E-state index in [9.17, 15) is 9.59 Å². The van der Waals surface area contributed by atoms with Gasteiger partial charge in [-0.2, -0.15) is 0 Å². The van der Waals surface area contributed by atoms with E-state index in [-0.39, 0.29) is 11.8 Å². The second kappa shape index (κ2) is 5.89. The summed E-state index contributed by atoms with van der Waals surface area (Å²) in [5, 5.41) is 5.26. The number of rotatable bonds is 3. The molecule has 0 radical (unpaired) electrons. The fourth-order valence-electron chi connectivity index (χ4n) is 1.13. The molecule has 0 aliphatic heterocycles. The first-order valence-electron chi connectivity index (χ1n) is 5.29. The van der Waals surface area contributed by atoms with Crippen LogP contribution in [-0.4, -0.2) is 19.1 Å². The van der Waals surface area contributed by atoms with Crippen molar-refractivity contribution in [3.05, 3.63) is 24.3 Å². The van der Waals surface area contributed by atoms with Crippen molar-refractivity contribution in [2.75, 3.05) is 17.7 Å². The van der Waals surface area contributed by atoms with Crippen LogP contribution in [0.5, 0.6) is 0 Å². The lowest BCUT2D eigenvalue weighted by molar-refractivity contribution is -0.118. The molecule has 1 rings (SSSR count). The van der Waals surface area contributed by atoms with Gasteiger partial charge in [0, 0.05) is 17.3 Å². The lowest BCUT2D eigenvalue weighted by Gasteiger charge is -2.09. The molecular formula is C12H16N2O3. The van der Waals surface area contributed by atoms with Crippen molar-refractivity contribution in [1.29, 1.82) is 0 Å². The maximum Gasteiger partial charge on any atom is 0.411 e. The van der Waals surface area contributed by atoms with Gasteiger partial charge in [-0.25, -0.2) is 4.79 Å². The molecule has 0 atom stereocenters. The number of benzene rings is 1. The van der Waals surface area contributed by atoms with E-state index in [4.69, 9.17) is 0 Å². The summed E-state index contributed by atoms with van der Waals surface area (Å²) in [7, 11) is 1.29. The Morgan fingerprint density at radius 3 is 2.29 bits per heavy atom. The molecule has 17 heavy (non-hydrogen) atoms. The molecule has 0 aliphatic rings. The molecule has 0 fully saturated rings. The fourth-order valence-corrected chi connectivity index (χ4v) is 1.13. The summed E-state index contributed by atoms with van der Waals surface area (Å²) in [5.41, 5.74) is 1.20. The third-order valence-corrected chi connectivity index (χ3v) is 2.09. The molecule has 2 N–H and O–H groups in total. The summed E-state index contributed by atoms with van der Waals surface area (Å²) in [4.78, 5) is 22.5. The Morgan fingerprint density at radius 2 is 1.76 bits per heavy atom. The van der Waals surface area contributed by atoms with Crippen LogP contribution in [0.3, 0.4) is 0 Å². The van der Waals surface area contributed by atoms with Crippen LogP contribution >= 0.6 is 0 Å². The Labute approximate surface area is 100 Å². The number of hydrogen-bond acceptors (Lipinski definition) is 3. The number of hydrogen-bond donors (Lipinski definition) is 2. The molecule has 5 heteroatoms. The van der Waals surface area contributed by atoms with Gasteiger partial charge in [0.1, 0.15) is 0 Å². The molecule has 0 unspecified atom stereocenters. The molecular weight excluding hydrogens is 220 g/mol. The first-order valence-corrected chi connectivity index (χ1v) is 5.29. The summed E-state index contributed by atoms with van der Waals surface area (Å²) < 4.78 is 4.48. The number of ether oxygens (including phenoxy) is 1. The van der Waals surface area contributed by atoms with E-state index in [1.54, 1.807) is 24.3 Å². The van der Waals surface area contributed by atoms with Crippen molar-refractivity contribution in [2.24, 2.45) is 5.92 Å². The van der Waals surface area contributed by atoms with Crippen molar-refractivity contribution in [3.8, 4) is 0 Å². The van der Waals surface area contributed by atoms with Crippen molar-refractivity contribution in [1.82, 2.24) is 0 Å². The van der Waals surface area contributed by atoms with Gasteiger partial charge in [0.05, 0.1) is 7.11 Å². The lowest BCUT2D eigenvalue weighted by Crippen LogP contribution is -2.18. The van der Waals surface area contributed by atoms with E-state index in [1.807, 2.05) is 13.8 Å². The smallest absolute Gasteiger partial charge is 0.411 e. The van der Waals surface area contributed by atoms with Gasteiger partial charge in [0.25, 0.3) is 0 Å². The van der Waals surface area contributed by atoms with Crippen LogP contribution in [0.4, 0.5) is 16.2 Å². The summed E-state index contributed by atoms with van der Waals surface area (Å²) in [6, 6.07) is 6.86. The van der Waals surface area contributed by atoms with Gasteiger partial charge in [-0.05, 0) is 18.2 Å². The van der Waals surface area contributed by atoms with E-state index >= 15 is 0 Å². The number of amides is 2. The molecule has 0 bridgehead atoms. The van der Waals surface area contributed by atoms with Gasteiger partial charge in [0.2, 0.25) is 5.91 Å². The Morgan fingerprint density at radius 1 is 1.18 bits per heavy atom. The number of methoxy groups -OCH3 is 1. The molecule has 0 saturated carbocycles. The highest BCUT2D eigenvalue weighted by Gasteiger charge is 2.07. The van der Waals surface area contributed by atoms with Crippen LogP contribution in [-0.2, 0) is 9.53 Å². The average molecular weight is 236 g/mol. The average Bonchev–Trinajstić information content (AvgIpc) is 2.29. The molecule has 0 aliphatic carbocycles. The number of carbonyl (C=O) groups excluding carboxylic acids is 2. The second-order valence-electron chi connectivity index (χ2n) is 3.84. The van der Waals surface area contributed by atoms with Gasteiger partial charge in [-0.1, -0.05) is 19.9 Å². The Balaban J connectivity index is 2.72. The quantitative estimate of drug-likeness (QED) is 0.847. The minimum Gasteiger partial charge on any atom is -0.453 e. The second-order valence-corrected chi connectivity index (χ2v) is 3.84. The molecule has 0 saturated heterocycles. The monoisotopic (exact) mass is 236 g/mol. The van der Waals surface area contributed by atoms with Crippen LogP contribution in [0.25, 0.3) is 0 Å². The summed E-state index contributed by atoms with van der Waals surface area (Å²) in [6.07, 6.45) is -0.544. The summed E-state index contributed by atoms with van der Waals surface area (Å²) in [6.45, 7) is 3.62. The first-order chi connectivity index (χ1) is 8.02. The third kappa shape index (κ3) is 4.14. The number of nitrogens with one attached hydrogen (secondary N) is 2. The number of anilines is 2. The maximum atomic E-state index is 11.5. The molecule has 92 valence electrons. The van der Waals surface area contributed by atoms with E-state index in [0.717, 1.165) is 0 Å². The minimum atomic E-state index is -0.544. The van der Waals surface area contributed by atoms with Gasteiger partial charge in [-0.15, -0.1) is 0 Å². The van der Waals surface area contributed by atoms with Crippen molar-refractivity contribution >= 4 is 23.4 Å². The Bertz CT molecular complexity index is 416. The van der Waals surface area contributed by atoms with Gasteiger partial charge in [-0.3, -0.25) is 10.1 Å². The van der Waals surface area contributed by atoms with Crippen LogP contribution < -0.4 is 10.6 Å². The largest absolute Gasteiger partial charge is 0.453 e. The highest BCUT2D eigenvalue weighted by Crippen LogP contribution is 2.16. The Hall–Kier alpha value is -2.04. The maximum absolute atomic E-state index is 11.5. The van der Waals surface area contributed by atoms with Gasteiger partial charge >= 0.3 is 6.09 Å². The molecule has 1 aromatic carbocycles. The number of carbonyl (C=O) groups is 2. The minimum absolute atomic E-state index is 0.0692. The highest BCUT2D eigenvalue weighted by molar-refractivity contribution is 5.93. The molecule has 0 aromatic heterocycles. The predicted octanol–water partition coefficient (Wildman–Crippen LogP) is 2.46. The topological polar surface area (TPSA) is 67.4 Å². The summed E-state index contributed by atoms with van der Waals surface area (Å²) >= 11 is 0. The highest BCUT2D eigenvalue weighted by atomic mass is 16.5. The van der Waals surface area contributed by atoms with E-state index in [2.05, 4.69) is 15.4 Å². The van der Waals surface area contributed by atoms with E-state index < -0.39 is 6.09 Å². The molecule has 0 heterocycles. The Kier molecular flexibility index (Phi) is 4.51. The molecule has 0 spiro atoms. The SMILES string of the molecule is COC(=O)Nc1cccc(NC(=O)C(C)C)c1. The summed E-state index contributed by atoms with van der Waals surface area (Å²) in [5.74, 6) is -0.160. The molecule has 5 nitrogen and oxygen atoms in total. The van der Waals surface area contributed by atoms with Crippen molar-refractivity contribution < 1.29 is 14.3 Å². The normalized spacial score (nSPS) is 9.88. The van der Waals surface area contributed by atoms with Gasteiger partial charge < -0.3 is 10.1 Å². The predicted molar refractivity (Wildman–Crippen MR) is 65.9 cm³/mol. The van der Waals surface area contributed by atoms with Gasteiger partial charge in [0.15, 0.2) is 0 Å². The standard InChI is InChI=1S/C12H16N2O3/c1-8(2)11(15)13-9-5-4-6-10(7-9)14-12(16)17-3/h4-8H,1-3H3,(H,13,15)(H,14,16). The van der Waals surface area contributed by atoms with Crippen molar-refractivity contribution in [2.45, 2.75) is 13.8 Å².